The van der Waals surface area contributed by atoms with E-state index in [1.165, 1.54) is 6.08 Å². The normalized spacial score (nSPS) is 11.0. The molecule has 3 aromatic rings. The summed E-state index contributed by atoms with van der Waals surface area (Å²) in [4.78, 5) is 11.9. The zero-order valence-corrected chi connectivity index (χ0v) is 14.3. The Kier molecular flexibility index (Phi) is 4.79. The number of rotatable bonds is 3. The molecule has 3 rings (SSSR count). The van der Waals surface area contributed by atoms with Gasteiger partial charge in [-0.3, -0.25) is 0 Å². The van der Waals surface area contributed by atoms with Gasteiger partial charge in [0.1, 0.15) is 5.75 Å². The van der Waals surface area contributed by atoms with Crippen LogP contribution in [0.15, 0.2) is 71.2 Å². The first-order chi connectivity index (χ1) is 11.1. The van der Waals surface area contributed by atoms with Crippen molar-refractivity contribution >= 4 is 50.3 Å². The second kappa shape index (κ2) is 6.99. The summed E-state index contributed by atoms with van der Waals surface area (Å²) in [7, 11) is 0. The molecule has 0 aliphatic heterocycles. The fraction of sp³-hybridized carbons (Fsp3) is 0. The summed E-state index contributed by atoms with van der Waals surface area (Å²) in [5, 5.41) is 2.67. The van der Waals surface area contributed by atoms with E-state index >= 15 is 0 Å². The van der Waals surface area contributed by atoms with Gasteiger partial charge in [0.15, 0.2) is 0 Å². The Morgan fingerprint density at radius 3 is 2.57 bits per heavy atom. The Morgan fingerprint density at radius 1 is 1.00 bits per heavy atom. The van der Waals surface area contributed by atoms with Crippen molar-refractivity contribution in [2.45, 2.75) is 0 Å². The monoisotopic (exact) mass is 386 g/mol. The van der Waals surface area contributed by atoms with Crippen molar-refractivity contribution in [3.8, 4) is 5.75 Å². The summed E-state index contributed by atoms with van der Waals surface area (Å²) >= 11 is 9.47. The second-order valence-electron chi connectivity index (χ2n) is 4.93. The van der Waals surface area contributed by atoms with E-state index in [1.54, 1.807) is 18.2 Å². The van der Waals surface area contributed by atoms with Gasteiger partial charge < -0.3 is 4.74 Å². The molecule has 0 heterocycles. The van der Waals surface area contributed by atoms with Crippen LogP contribution in [0.1, 0.15) is 5.56 Å². The maximum Gasteiger partial charge on any atom is 0.336 e. The highest BCUT2D eigenvalue weighted by Crippen LogP contribution is 2.24. The van der Waals surface area contributed by atoms with Gasteiger partial charge in [0.25, 0.3) is 0 Å². The van der Waals surface area contributed by atoms with Crippen LogP contribution in [0.5, 0.6) is 5.75 Å². The molecular weight excluding hydrogens is 376 g/mol. The number of hydrogen-bond acceptors (Lipinski definition) is 2. The third-order valence-electron chi connectivity index (χ3n) is 3.30. The van der Waals surface area contributed by atoms with E-state index < -0.39 is 5.97 Å². The molecule has 0 aromatic heterocycles. The Balaban J connectivity index is 1.75. The average Bonchev–Trinajstić information content (AvgIpc) is 2.54. The number of halogens is 2. The molecule has 23 heavy (non-hydrogen) atoms. The van der Waals surface area contributed by atoms with Crippen LogP contribution in [0.3, 0.4) is 0 Å². The van der Waals surface area contributed by atoms with E-state index in [0.29, 0.717) is 10.8 Å². The molecule has 0 aliphatic carbocycles. The number of carbonyl (C=O) groups excluding carboxylic acids is 1. The van der Waals surface area contributed by atoms with Crippen molar-refractivity contribution in [2.24, 2.45) is 0 Å². The lowest BCUT2D eigenvalue weighted by atomic mass is 10.1. The fourth-order valence-electron chi connectivity index (χ4n) is 2.18. The van der Waals surface area contributed by atoms with Crippen LogP contribution < -0.4 is 4.74 Å². The van der Waals surface area contributed by atoms with E-state index in [2.05, 4.69) is 15.9 Å². The number of carbonyl (C=O) groups is 1. The lowest BCUT2D eigenvalue weighted by Crippen LogP contribution is -2.03. The Labute approximate surface area is 147 Å². The number of benzene rings is 3. The minimum absolute atomic E-state index is 0.443. The summed E-state index contributed by atoms with van der Waals surface area (Å²) < 4.78 is 6.35. The predicted molar refractivity (Wildman–Crippen MR) is 97.8 cm³/mol. The van der Waals surface area contributed by atoms with Gasteiger partial charge in [-0.1, -0.05) is 57.9 Å². The summed E-state index contributed by atoms with van der Waals surface area (Å²) in [6, 6.07) is 18.8. The lowest BCUT2D eigenvalue weighted by molar-refractivity contribution is -0.128. The molecule has 0 N–H and O–H groups in total. The first-order valence-electron chi connectivity index (χ1n) is 6.95. The SMILES string of the molecule is O=C(C=Cc1ccccc1Cl)Oc1ccc2cc(Br)ccc2c1. The number of esters is 1. The van der Waals surface area contributed by atoms with Crippen molar-refractivity contribution in [1.29, 1.82) is 0 Å². The van der Waals surface area contributed by atoms with E-state index in [0.717, 1.165) is 20.8 Å². The quantitative estimate of drug-likeness (QED) is 0.319. The Hall–Kier alpha value is -2.10. The minimum atomic E-state index is -0.443. The minimum Gasteiger partial charge on any atom is -0.423 e. The van der Waals surface area contributed by atoms with Crippen molar-refractivity contribution in [3.63, 3.8) is 0 Å². The van der Waals surface area contributed by atoms with Crippen LogP contribution in [0.4, 0.5) is 0 Å². The zero-order chi connectivity index (χ0) is 16.2. The zero-order valence-electron chi connectivity index (χ0n) is 12.0. The average molecular weight is 388 g/mol. The molecule has 0 radical (unpaired) electrons. The van der Waals surface area contributed by atoms with Gasteiger partial charge in [-0.25, -0.2) is 4.79 Å². The van der Waals surface area contributed by atoms with Gasteiger partial charge in [-0.2, -0.15) is 0 Å². The lowest BCUT2D eigenvalue weighted by Gasteiger charge is -2.04. The maximum absolute atomic E-state index is 11.9. The number of ether oxygens (including phenoxy) is 1. The molecule has 2 nitrogen and oxygen atoms in total. The summed E-state index contributed by atoms with van der Waals surface area (Å²) in [5.74, 6) is 0.0648. The molecule has 0 unspecified atom stereocenters. The highest BCUT2D eigenvalue weighted by atomic mass is 79.9. The molecule has 0 bridgehead atoms. The first kappa shape index (κ1) is 15.8. The molecule has 0 fully saturated rings. The van der Waals surface area contributed by atoms with E-state index in [1.807, 2.05) is 48.5 Å². The van der Waals surface area contributed by atoms with Gasteiger partial charge >= 0.3 is 5.97 Å². The fourth-order valence-corrected chi connectivity index (χ4v) is 2.75. The van der Waals surface area contributed by atoms with Crippen molar-refractivity contribution in [1.82, 2.24) is 0 Å². The maximum atomic E-state index is 11.9. The Bertz CT molecular complexity index is 903. The molecule has 0 saturated carbocycles. The van der Waals surface area contributed by atoms with Gasteiger partial charge in [-0.15, -0.1) is 0 Å². The summed E-state index contributed by atoms with van der Waals surface area (Å²) in [6.07, 6.45) is 3.01. The predicted octanol–water partition coefficient (Wildman–Crippen LogP) is 5.87. The van der Waals surface area contributed by atoms with Crippen LogP contribution in [0, 0.1) is 0 Å². The molecule has 114 valence electrons. The highest BCUT2D eigenvalue weighted by molar-refractivity contribution is 9.10. The molecule has 0 aliphatic rings. The third-order valence-corrected chi connectivity index (χ3v) is 4.13. The van der Waals surface area contributed by atoms with Crippen LogP contribution in [-0.2, 0) is 4.79 Å². The van der Waals surface area contributed by atoms with Crippen LogP contribution in [0.2, 0.25) is 5.02 Å². The Morgan fingerprint density at radius 2 is 1.74 bits per heavy atom. The molecule has 0 saturated heterocycles. The molecular formula is C19H12BrClO2. The molecule has 0 amide bonds. The molecule has 0 atom stereocenters. The van der Waals surface area contributed by atoms with Gasteiger partial charge in [0.2, 0.25) is 0 Å². The standard InChI is InChI=1S/C19H12BrClO2/c20-16-8-5-15-12-17(9-6-14(15)11-16)23-19(22)10-7-13-3-1-2-4-18(13)21/h1-12H. The third kappa shape index (κ3) is 4.01. The van der Waals surface area contributed by atoms with Crippen molar-refractivity contribution in [3.05, 3.63) is 81.8 Å². The van der Waals surface area contributed by atoms with Crippen LogP contribution in [0.25, 0.3) is 16.8 Å². The van der Waals surface area contributed by atoms with Crippen LogP contribution in [-0.4, -0.2) is 5.97 Å². The van der Waals surface area contributed by atoms with Gasteiger partial charge in [0, 0.05) is 15.6 Å². The van der Waals surface area contributed by atoms with Crippen LogP contribution >= 0.6 is 27.5 Å². The van der Waals surface area contributed by atoms with Gasteiger partial charge in [-0.05, 0) is 52.7 Å². The van der Waals surface area contributed by atoms with E-state index in [-0.39, 0.29) is 0 Å². The summed E-state index contributed by atoms with van der Waals surface area (Å²) in [5.41, 5.74) is 0.773. The second-order valence-corrected chi connectivity index (χ2v) is 6.25. The smallest absolute Gasteiger partial charge is 0.336 e. The van der Waals surface area contributed by atoms with Crippen molar-refractivity contribution in [2.75, 3.05) is 0 Å². The van der Waals surface area contributed by atoms with Gasteiger partial charge in [0.05, 0.1) is 0 Å². The van der Waals surface area contributed by atoms with Crippen molar-refractivity contribution < 1.29 is 9.53 Å². The number of hydrogen-bond donors (Lipinski definition) is 0. The molecule has 0 spiro atoms. The van der Waals surface area contributed by atoms with E-state index in [4.69, 9.17) is 16.3 Å². The highest BCUT2D eigenvalue weighted by Gasteiger charge is 2.03. The van der Waals surface area contributed by atoms with E-state index in [9.17, 15) is 4.79 Å². The number of fused-ring (bicyclic) bond motifs is 1. The first-order valence-corrected chi connectivity index (χ1v) is 8.13. The molecule has 4 heteroatoms. The molecule has 3 aromatic carbocycles. The topological polar surface area (TPSA) is 26.3 Å². The summed E-state index contributed by atoms with van der Waals surface area (Å²) in [6.45, 7) is 0. The largest absolute Gasteiger partial charge is 0.423 e.